The van der Waals surface area contributed by atoms with Crippen molar-refractivity contribution in [1.82, 2.24) is 0 Å². The smallest absolute Gasteiger partial charge is 0.115 e. The molecule has 0 N–H and O–H groups in total. The van der Waals surface area contributed by atoms with Crippen molar-refractivity contribution in [1.29, 1.82) is 0 Å². The third-order valence-electron chi connectivity index (χ3n) is 3.39. The number of hydrogen-bond acceptors (Lipinski definition) is 4. The lowest BCUT2D eigenvalue weighted by Crippen LogP contribution is -2.36. The number of rotatable bonds is 5. The van der Waals surface area contributed by atoms with Crippen LogP contribution >= 0.6 is 0 Å². The fourth-order valence-corrected chi connectivity index (χ4v) is 2.41. The zero-order chi connectivity index (χ0) is 12.4. The number of ether oxygens (including phenoxy) is 4. The molecule has 0 spiro atoms. The average Bonchev–Trinajstić information content (AvgIpc) is 2.83. The van der Waals surface area contributed by atoms with Gasteiger partial charge in [-0.25, -0.2) is 0 Å². The van der Waals surface area contributed by atoms with E-state index in [9.17, 15) is 0 Å². The Morgan fingerprint density at radius 3 is 2.00 bits per heavy atom. The van der Waals surface area contributed by atoms with Gasteiger partial charge in [-0.2, -0.15) is 0 Å². The molecule has 0 radical (unpaired) electrons. The van der Waals surface area contributed by atoms with Gasteiger partial charge in [0.25, 0.3) is 0 Å². The van der Waals surface area contributed by atoms with Gasteiger partial charge in [-0.1, -0.05) is 6.92 Å². The molecule has 4 nitrogen and oxygen atoms in total. The van der Waals surface area contributed by atoms with E-state index in [1.54, 1.807) is 0 Å². The van der Waals surface area contributed by atoms with E-state index in [0.29, 0.717) is 13.2 Å². The Morgan fingerprint density at radius 2 is 1.53 bits per heavy atom. The van der Waals surface area contributed by atoms with Crippen LogP contribution in [0.3, 0.4) is 0 Å². The van der Waals surface area contributed by atoms with Gasteiger partial charge >= 0.3 is 0 Å². The molecule has 4 heteroatoms. The summed E-state index contributed by atoms with van der Waals surface area (Å²) >= 11 is 0. The van der Waals surface area contributed by atoms with Crippen LogP contribution in [0.4, 0.5) is 0 Å². The molecule has 17 heavy (non-hydrogen) atoms. The van der Waals surface area contributed by atoms with Crippen LogP contribution in [0.15, 0.2) is 0 Å². The van der Waals surface area contributed by atoms with Crippen molar-refractivity contribution in [3.8, 4) is 0 Å². The van der Waals surface area contributed by atoms with Crippen molar-refractivity contribution in [2.45, 2.75) is 70.7 Å². The Bertz CT molecular complexity index is 244. The molecule has 1 unspecified atom stereocenters. The van der Waals surface area contributed by atoms with E-state index in [-0.39, 0.29) is 36.6 Å². The monoisotopic (exact) mass is 244 g/mol. The van der Waals surface area contributed by atoms with Crippen molar-refractivity contribution in [2.24, 2.45) is 0 Å². The molecule has 100 valence electrons. The van der Waals surface area contributed by atoms with Gasteiger partial charge in [0.2, 0.25) is 0 Å². The molecule has 2 aliphatic rings. The van der Waals surface area contributed by atoms with Gasteiger partial charge in [-0.05, 0) is 27.2 Å². The third-order valence-corrected chi connectivity index (χ3v) is 3.39. The summed E-state index contributed by atoms with van der Waals surface area (Å²) in [6.45, 7) is 9.53. The zero-order valence-corrected chi connectivity index (χ0v) is 11.2. The molecule has 0 aliphatic carbocycles. The van der Waals surface area contributed by atoms with Crippen LogP contribution in [0.1, 0.15) is 34.1 Å². The van der Waals surface area contributed by atoms with Gasteiger partial charge in [-0.15, -0.1) is 0 Å². The average molecular weight is 244 g/mol. The molecule has 0 amide bonds. The van der Waals surface area contributed by atoms with Crippen LogP contribution in [0.25, 0.3) is 0 Å². The van der Waals surface area contributed by atoms with E-state index in [1.807, 2.05) is 13.8 Å². The topological polar surface area (TPSA) is 36.9 Å². The van der Waals surface area contributed by atoms with Gasteiger partial charge in [0.15, 0.2) is 0 Å². The van der Waals surface area contributed by atoms with Crippen LogP contribution < -0.4 is 0 Å². The first-order valence-corrected chi connectivity index (χ1v) is 6.66. The van der Waals surface area contributed by atoms with E-state index in [2.05, 4.69) is 13.8 Å². The second kappa shape index (κ2) is 5.65. The van der Waals surface area contributed by atoms with E-state index in [0.717, 1.165) is 6.42 Å². The highest BCUT2D eigenvalue weighted by atomic mass is 16.6. The summed E-state index contributed by atoms with van der Waals surface area (Å²) in [5, 5.41) is 0. The van der Waals surface area contributed by atoms with E-state index >= 15 is 0 Å². The highest BCUT2D eigenvalue weighted by Gasteiger charge is 2.49. The van der Waals surface area contributed by atoms with Crippen molar-refractivity contribution in [2.75, 3.05) is 13.2 Å². The summed E-state index contributed by atoms with van der Waals surface area (Å²) in [4.78, 5) is 0. The third kappa shape index (κ3) is 2.99. The molecule has 2 saturated heterocycles. The molecule has 2 fully saturated rings. The number of hydrogen-bond donors (Lipinski definition) is 0. The SMILES string of the molecule is CCC(C)O[C@@H]1CO[C@H]2[C@@H]1OC[C@H]2OC(C)C. The van der Waals surface area contributed by atoms with Gasteiger partial charge in [-0.3, -0.25) is 0 Å². The quantitative estimate of drug-likeness (QED) is 0.738. The standard InChI is InChI=1S/C13H24O4/c1-5-9(4)17-11-7-15-12-10(16-8(2)3)6-14-13(11)12/h8-13H,5-7H2,1-4H3/t9?,10-,11-,12-,13-/m1/s1. The predicted octanol–water partition coefficient (Wildman–Crippen LogP) is 1.76. The van der Waals surface area contributed by atoms with Gasteiger partial charge in [0.05, 0.1) is 25.4 Å². The second-order valence-corrected chi connectivity index (χ2v) is 5.21. The van der Waals surface area contributed by atoms with Gasteiger partial charge in [0, 0.05) is 0 Å². The first kappa shape index (κ1) is 13.3. The zero-order valence-electron chi connectivity index (χ0n) is 11.2. The Labute approximate surface area is 104 Å². The van der Waals surface area contributed by atoms with Crippen molar-refractivity contribution in [3.63, 3.8) is 0 Å². The van der Waals surface area contributed by atoms with E-state index < -0.39 is 0 Å². The normalized spacial score (nSPS) is 38.6. The van der Waals surface area contributed by atoms with Crippen molar-refractivity contribution in [3.05, 3.63) is 0 Å². The Balaban J connectivity index is 1.88. The first-order chi connectivity index (χ1) is 8.11. The lowest BCUT2D eigenvalue weighted by molar-refractivity contribution is -0.0787. The lowest BCUT2D eigenvalue weighted by atomic mass is 10.1. The van der Waals surface area contributed by atoms with Crippen LogP contribution in [0.5, 0.6) is 0 Å². The largest absolute Gasteiger partial charge is 0.370 e. The molecule has 0 aromatic heterocycles. The maximum atomic E-state index is 5.92. The molecule has 2 rings (SSSR count). The van der Waals surface area contributed by atoms with Gasteiger partial charge < -0.3 is 18.9 Å². The first-order valence-electron chi connectivity index (χ1n) is 6.66. The molecular weight excluding hydrogens is 220 g/mol. The van der Waals surface area contributed by atoms with Crippen LogP contribution in [-0.4, -0.2) is 49.8 Å². The van der Waals surface area contributed by atoms with Gasteiger partial charge in [0.1, 0.15) is 24.4 Å². The van der Waals surface area contributed by atoms with Crippen LogP contribution in [0.2, 0.25) is 0 Å². The summed E-state index contributed by atoms with van der Waals surface area (Å²) in [5.41, 5.74) is 0. The van der Waals surface area contributed by atoms with Crippen LogP contribution in [0, 0.1) is 0 Å². The minimum absolute atomic E-state index is 0.0476. The fourth-order valence-electron chi connectivity index (χ4n) is 2.41. The van der Waals surface area contributed by atoms with E-state index in [4.69, 9.17) is 18.9 Å². The maximum absolute atomic E-state index is 5.92. The van der Waals surface area contributed by atoms with Crippen molar-refractivity contribution < 1.29 is 18.9 Å². The molecule has 0 aromatic carbocycles. The van der Waals surface area contributed by atoms with E-state index in [1.165, 1.54) is 0 Å². The highest BCUT2D eigenvalue weighted by molar-refractivity contribution is 4.96. The summed E-state index contributed by atoms with van der Waals surface area (Å²) in [6, 6.07) is 0. The molecule has 2 heterocycles. The minimum atomic E-state index is 0.0476. The van der Waals surface area contributed by atoms with Crippen LogP contribution in [-0.2, 0) is 18.9 Å². The molecule has 0 aromatic rings. The second-order valence-electron chi connectivity index (χ2n) is 5.21. The highest BCUT2D eigenvalue weighted by Crippen LogP contribution is 2.31. The molecule has 5 atom stereocenters. The van der Waals surface area contributed by atoms with Crippen molar-refractivity contribution >= 4 is 0 Å². The minimum Gasteiger partial charge on any atom is -0.370 e. The molecule has 0 saturated carbocycles. The number of fused-ring (bicyclic) bond motifs is 1. The Morgan fingerprint density at radius 1 is 1.00 bits per heavy atom. The fraction of sp³-hybridized carbons (Fsp3) is 1.00. The Kier molecular flexibility index (Phi) is 4.42. The summed E-state index contributed by atoms with van der Waals surface area (Å²) < 4.78 is 23.3. The molecular formula is C13H24O4. The maximum Gasteiger partial charge on any atom is 0.115 e. The Hall–Kier alpha value is -0.160. The summed E-state index contributed by atoms with van der Waals surface area (Å²) in [7, 11) is 0. The lowest BCUT2D eigenvalue weighted by Gasteiger charge is -2.21. The molecule has 2 aliphatic heterocycles. The predicted molar refractivity (Wildman–Crippen MR) is 64.1 cm³/mol. The summed E-state index contributed by atoms with van der Waals surface area (Å²) in [6.07, 6.45) is 1.71. The molecule has 0 bridgehead atoms. The summed E-state index contributed by atoms with van der Waals surface area (Å²) in [5.74, 6) is 0.